The second-order valence-corrected chi connectivity index (χ2v) is 5.91. The van der Waals surface area contributed by atoms with E-state index in [-0.39, 0.29) is 11.3 Å². The first kappa shape index (κ1) is 10.0. The summed E-state index contributed by atoms with van der Waals surface area (Å²) in [5.74, 6) is 1.15. The van der Waals surface area contributed by atoms with Gasteiger partial charge in [-0.15, -0.1) is 0 Å². The Morgan fingerprint density at radius 1 is 1.21 bits per heavy atom. The molecule has 1 aliphatic heterocycles. The third kappa shape index (κ3) is 1.55. The van der Waals surface area contributed by atoms with Crippen molar-refractivity contribution in [1.29, 1.82) is 0 Å². The number of carbonyl (C=O) groups is 1. The van der Waals surface area contributed by atoms with Crippen LogP contribution in [0.1, 0.15) is 46.5 Å². The van der Waals surface area contributed by atoms with Crippen LogP contribution in [0.25, 0.3) is 0 Å². The molecule has 1 saturated heterocycles. The highest BCUT2D eigenvalue weighted by molar-refractivity contribution is 5.82. The fourth-order valence-corrected chi connectivity index (χ4v) is 3.24. The van der Waals surface area contributed by atoms with Crippen LogP contribution < -0.4 is 5.32 Å². The third-order valence-corrected chi connectivity index (χ3v) is 3.79. The Morgan fingerprint density at radius 2 is 1.86 bits per heavy atom. The lowest BCUT2D eigenvalue weighted by Gasteiger charge is -2.33. The molecule has 0 bridgehead atoms. The van der Waals surface area contributed by atoms with Crippen LogP contribution in [0.5, 0.6) is 0 Å². The molecular formula is C12H21NO. The first-order chi connectivity index (χ1) is 6.50. The maximum atomic E-state index is 11.9. The second-order valence-electron chi connectivity index (χ2n) is 5.91. The summed E-state index contributed by atoms with van der Waals surface area (Å²) in [6.07, 6.45) is 5.04. The summed E-state index contributed by atoms with van der Waals surface area (Å²) >= 11 is 0. The van der Waals surface area contributed by atoms with Crippen molar-refractivity contribution in [2.24, 2.45) is 17.3 Å². The van der Waals surface area contributed by atoms with Crippen LogP contribution in [-0.4, -0.2) is 11.9 Å². The Bertz CT molecular complexity index is 241. The van der Waals surface area contributed by atoms with Crippen molar-refractivity contribution in [3.63, 3.8) is 0 Å². The molecule has 3 unspecified atom stereocenters. The van der Waals surface area contributed by atoms with Gasteiger partial charge >= 0.3 is 0 Å². The van der Waals surface area contributed by atoms with E-state index in [0.717, 1.165) is 0 Å². The molecule has 1 heterocycles. The Labute approximate surface area is 86.5 Å². The summed E-state index contributed by atoms with van der Waals surface area (Å²) < 4.78 is 0. The molecule has 0 aromatic carbocycles. The van der Waals surface area contributed by atoms with Crippen LogP contribution in [0.2, 0.25) is 0 Å². The number of carbonyl (C=O) groups excluding carboxylic acids is 1. The fourth-order valence-electron chi connectivity index (χ4n) is 3.24. The minimum atomic E-state index is 0.126. The van der Waals surface area contributed by atoms with Crippen LogP contribution in [-0.2, 0) is 4.79 Å². The number of rotatable bonds is 0. The van der Waals surface area contributed by atoms with Gasteiger partial charge in [-0.2, -0.15) is 0 Å². The SMILES string of the molecule is CC(C)(C)C1C(=O)NC2CCCCC21. The van der Waals surface area contributed by atoms with Crippen LogP contribution >= 0.6 is 0 Å². The predicted octanol–water partition coefficient (Wildman–Crippen LogP) is 2.34. The van der Waals surface area contributed by atoms with Gasteiger partial charge in [0.2, 0.25) is 5.91 Å². The average Bonchev–Trinajstić information content (AvgIpc) is 2.38. The van der Waals surface area contributed by atoms with Crippen LogP contribution in [0.4, 0.5) is 0 Å². The van der Waals surface area contributed by atoms with E-state index in [1.165, 1.54) is 25.7 Å². The molecule has 14 heavy (non-hydrogen) atoms. The Morgan fingerprint density at radius 3 is 2.50 bits per heavy atom. The summed E-state index contributed by atoms with van der Waals surface area (Å²) in [6, 6.07) is 0.487. The minimum Gasteiger partial charge on any atom is -0.353 e. The zero-order valence-corrected chi connectivity index (χ0v) is 9.47. The van der Waals surface area contributed by atoms with Crippen molar-refractivity contribution >= 4 is 5.91 Å². The molecule has 80 valence electrons. The summed E-state index contributed by atoms with van der Waals surface area (Å²) in [7, 11) is 0. The van der Waals surface area contributed by atoms with Gasteiger partial charge in [0.1, 0.15) is 0 Å². The Hall–Kier alpha value is -0.530. The first-order valence-electron chi connectivity index (χ1n) is 5.80. The number of hydrogen-bond acceptors (Lipinski definition) is 1. The van der Waals surface area contributed by atoms with E-state index in [4.69, 9.17) is 0 Å². The molecule has 0 spiro atoms. The smallest absolute Gasteiger partial charge is 0.224 e. The predicted molar refractivity (Wildman–Crippen MR) is 56.8 cm³/mol. The van der Waals surface area contributed by atoms with Gasteiger partial charge in [-0.1, -0.05) is 33.6 Å². The van der Waals surface area contributed by atoms with Gasteiger partial charge in [0, 0.05) is 12.0 Å². The van der Waals surface area contributed by atoms with E-state index in [1.54, 1.807) is 0 Å². The molecule has 2 fully saturated rings. The van der Waals surface area contributed by atoms with Gasteiger partial charge < -0.3 is 5.32 Å². The van der Waals surface area contributed by atoms with Gasteiger partial charge in [-0.05, 0) is 24.2 Å². The molecule has 0 radical (unpaired) electrons. The van der Waals surface area contributed by atoms with Gasteiger partial charge in [-0.3, -0.25) is 4.79 Å². The molecule has 3 atom stereocenters. The topological polar surface area (TPSA) is 29.1 Å². The monoisotopic (exact) mass is 195 g/mol. The van der Waals surface area contributed by atoms with E-state index in [2.05, 4.69) is 26.1 Å². The largest absolute Gasteiger partial charge is 0.353 e. The van der Waals surface area contributed by atoms with Crippen molar-refractivity contribution in [1.82, 2.24) is 5.32 Å². The lowest BCUT2D eigenvalue weighted by atomic mass is 9.69. The van der Waals surface area contributed by atoms with E-state index in [0.29, 0.717) is 17.9 Å². The summed E-state index contributed by atoms with van der Waals surface area (Å²) in [6.45, 7) is 6.57. The number of nitrogens with one attached hydrogen (secondary N) is 1. The number of amides is 1. The normalized spacial score (nSPS) is 37.9. The molecule has 2 nitrogen and oxygen atoms in total. The molecule has 2 rings (SSSR count). The maximum Gasteiger partial charge on any atom is 0.224 e. The van der Waals surface area contributed by atoms with Crippen molar-refractivity contribution < 1.29 is 4.79 Å². The fraction of sp³-hybridized carbons (Fsp3) is 0.917. The van der Waals surface area contributed by atoms with E-state index in [9.17, 15) is 4.79 Å². The van der Waals surface area contributed by atoms with Crippen molar-refractivity contribution in [3.8, 4) is 0 Å². The van der Waals surface area contributed by atoms with Gasteiger partial charge in [0.15, 0.2) is 0 Å². The van der Waals surface area contributed by atoms with Gasteiger partial charge in [0.05, 0.1) is 0 Å². The molecule has 2 heteroatoms. The summed E-state index contributed by atoms with van der Waals surface area (Å²) in [4.78, 5) is 11.9. The third-order valence-electron chi connectivity index (χ3n) is 3.79. The summed E-state index contributed by atoms with van der Waals surface area (Å²) in [5, 5.41) is 3.17. The highest BCUT2D eigenvalue weighted by Gasteiger charge is 2.48. The van der Waals surface area contributed by atoms with E-state index >= 15 is 0 Å². The van der Waals surface area contributed by atoms with Gasteiger partial charge in [-0.25, -0.2) is 0 Å². The zero-order chi connectivity index (χ0) is 10.3. The highest BCUT2D eigenvalue weighted by Crippen LogP contribution is 2.43. The second kappa shape index (κ2) is 3.25. The lowest BCUT2D eigenvalue weighted by Crippen LogP contribution is -2.33. The Kier molecular flexibility index (Phi) is 2.32. The molecule has 0 aromatic heterocycles. The quantitative estimate of drug-likeness (QED) is 0.631. The maximum absolute atomic E-state index is 11.9. The lowest BCUT2D eigenvalue weighted by molar-refractivity contribution is -0.126. The van der Waals surface area contributed by atoms with Crippen molar-refractivity contribution in [2.45, 2.75) is 52.5 Å². The number of fused-ring (bicyclic) bond motifs is 1. The molecular weight excluding hydrogens is 174 g/mol. The molecule has 0 aromatic rings. The van der Waals surface area contributed by atoms with Crippen molar-refractivity contribution in [2.75, 3.05) is 0 Å². The molecule has 1 saturated carbocycles. The zero-order valence-electron chi connectivity index (χ0n) is 9.47. The highest BCUT2D eigenvalue weighted by atomic mass is 16.2. The van der Waals surface area contributed by atoms with Crippen molar-refractivity contribution in [3.05, 3.63) is 0 Å². The molecule has 1 aliphatic carbocycles. The van der Waals surface area contributed by atoms with Crippen LogP contribution in [0.3, 0.4) is 0 Å². The molecule has 1 N–H and O–H groups in total. The van der Waals surface area contributed by atoms with Crippen LogP contribution in [0.15, 0.2) is 0 Å². The van der Waals surface area contributed by atoms with E-state index in [1.807, 2.05) is 0 Å². The Balaban J connectivity index is 2.20. The average molecular weight is 195 g/mol. The molecule has 2 aliphatic rings. The number of hydrogen-bond donors (Lipinski definition) is 1. The van der Waals surface area contributed by atoms with E-state index < -0.39 is 0 Å². The first-order valence-corrected chi connectivity index (χ1v) is 5.80. The minimum absolute atomic E-state index is 0.126. The van der Waals surface area contributed by atoms with Gasteiger partial charge in [0.25, 0.3) is 0 Å². The summed E-state index contributed by atoms with van der Waals surface area (Å²) in [5.41, 5.74) is 0.126. The van der Waals surface area contributed by atoms with Crippen LogP contribution in [0, 0.1) is 17.3 Å². The molecule has 1 amide bonds. The standard InChI is InChI=1S/C12H21NO/c1-12(2,3)10-8-6-4-5-7-9(8)13-11(10)14/h8-10H,4-7H2,1-3H3,(H,13,14).